The number of urea groups is 1. The third-order valence-corrected chi connectivity index (χ3v) is 4.82. The quantitative estimate of drug-likeness (QED) is 0.724. The summed E-state index contributed by atoms with van der Waals surface area (Å²) in [7, 11) is 0. The highest BCUT2D eigenvalue weighted by atomic mass is 16.4. The molecular formula is C15H26N2O4. The number of nitrogens with one attached hydrogen (secondary N) is 2. The van der Waals surface area contributed by atoms with Crippen LogP contribution in [0.1, 0.15) is 54.4 Å². The van der Waals surface area contributed by atoms with Gasteiger partial charge >= 0.3 is 12.0 Å². The molecule has 1 aliphatic rings. The molecule has 1 saturated carbocycles. The molecule has 0 bridgehead atoms. The van der Waals surface area contributed by atoms with Crippen molar-refractivity contribution in [3.05, 3.63) is 0 Å². The molecular weight excluding hydrogens is 272 g/mol. The van der Waals surface area contributed by atoms with Gasteiger partial charge in [-0.15, -0.1) is 0 Å². The van der Waals surface area contributed by atoms with Crippen LogP contribution >= 0.6 is 0 Å². The molecule has 1 fully saturated rings. The van der Waals surface area contributed by atoms with Crippen LogP contribution in [0.25, 0.3) is 0 Å². The van der Waals surface area contributed by atoms with Crippen LogP contribution < -0.4 is 10.6 Å². The Morgan fingerprint density at radius 2 is 1.52 bits per heavy atom. The Kier molecular flexibility index (Phi) is 4.42. The maximum absolute atomic E-state index is 11.8. The standard InChI is InChI=1S/C15H26N2O4/c1-13(2,8-10(19)20)7-9(18)16-12(21)17-11-14(3,4)15(11,5)6/h11H,7-8H2,1-6H3,(H,19,20)(H2,16,17,18,21). The molecule has 3 amide bonds. The van der Waals surface area contributed by atoms with E-state index in [-0.39, 0.29) is 29.7 Å². The number of carboxylic acids is 1. The average molecular weight is 298 g/mol. The highest BCUT2D eigenvalue weighted by molar-refractivity contribution is 5.95. The summed E-state index contributed by atoms with van der Waals surface area (Å²) in [4.78, 5) is 34.3. The van der Waals surface area contributed by atoms with Gasteiger partial charge in [-0.3, -0.25) is 14.9 Å². The Labute approximate surface area is 125 Å². The van der Waals surface area contributed by atoms with E-state index >= 15 is 0 Å². The van der Waals surface area contributed by atoms with Crippen molar-refractivity contribution < 1.29 is 19.5 Å². The van der Waals surface area contributed by atoms with E-state index in [0.717, 1.165) is 0 Å². The normalized spacial score (nSPS) is 19.7. The summed E-state index contributed by atoms with van der Waals surface area (Å²) in [5.41, 5.74) is -0.694. The van der Waals surface area contributed by atoms with Crippen molar-refractivity contribution in [1.82, 2.24) is 10.6 Å². The van der Waals surface area contributed by atoms with E-state index in [0.29, 0.717) is 0 Å². The van der Waals surface area contributed by atoms with Crippen LogP contribution in [0.15, 0.2) is 0 Å². The highest BCUT2D eigenvalue weighted by Gasteiger charge is 2.65. The van der Waals surface area contributed by atoms with Gasteiger partial charge in [-0.1, -0.05) is 41.5 Å². The summed E-state index contributed by atoms with van der Waals surface area (Å²) in [5, 5.41) is 13.9. The Morgan fingerprint density at radius 3 is 1.90 bits per heavy atom. The predicted molar refractivity (Wildman–Crippen MR) is 78.7 cm³/mol. The lowest BCUT2D eigenvalue weighted by Gasteiger charge is -2.21. The zero-order valence-electron chi connectivity index (χ0n) is 13.7. The van der Waals surface area contributed by atoms with Gasteiger partial charge in [0.05, 0.1) is 6.42 Å². The fourth-order valence-corrected chi connectivity index (χ4v) is 2.80. The minimum Gasteiger partial charge on any atom is -0.481 e. The van der Waals surface area contributed by atoms with Gasteiger partial charge in [0.15, 0.2) is 0 Å². The van der Waals surface area contributed by atoms with E-state index in [1.54, 1.807) is 13.8 Å². The smallest absolute Gasteiger partial charge is 0.321 e. The monoisotopic (exact) mass is 298 g/mol. The summed E-state index contributed by atoms with van der Waals surface area (Å²) in [5.74, 6) is -1.42. The van der Waals surface area contributed by atoms with Crippen LogP contribution in [-0.2, 0) is 9.59 Å². The average Bonchev–Trinajstić information content (AvgIpc) is 2.56. The molecule has 3 N–H and O–H groups in total. The zero-order chi connectivity index (χ0) is 16.6. The second-order valence-electron chi connectivity index (χ2n) is 7.81. The minimum absolute atomic E-state index is 0.00400. The molecule has 1 rings (SSSR count). The topological polar surface area (TPSA) is 95.5 Å². The Bertz CT molecular complexity index is 452. The lowest BCUT2D eigenvalue weighted by Crippen LogP contribution is -2.43. The first-order valence-corrected chi connectivity index (χ1v) is 7.12. The molecule has 0 aromatic carbocycles. The number of amides is 3. The molecule has 21 heavy (non-hydrogen) atoms. The summed E-state index contributed by atoms with van der Waals surface area (Å²) >= 11 is 0. The molecule has 6 heteroatoms. The van der Waals surface area contributed by atoms with Gasteiger partial charge in [-0.05, 0) is 16.2 Å². The van der Waals surface area contributed by atoms with Crippen molar-refractivity contribution in [3.8, 4) is 0 Å². The van der Waals surface area contributed by atoms with Crippen molar-refractivity contribution in [1.29, 1.82) is 0 Å². The van der Waals surface area contributed by atoms with Gasteiger partial charge in [0.2, 0.25) is 5.91 Å². The van der Waals surface area contributed by atoms with E-state index in [1.165, 1.54) is 0 Å². The number of aliphatic carboxylic acids is 1. The van der Waals surface area contributed by atoms with Crippen molar-refractivity contribution >= 4 is 17.9 Å². The Balaban J connectivity index is 2.46. The van der Waals surface area contributed by atoms with Crippen LogP contribution in [0.4, 0.5) is 4.79 Å². The third-order valence-electron chi connectivity index (χ3n) is 4.82. The first kappa shape index (κ1) is 17.5. The fourth-order valence-electron chi connectivity index (χ4n) is 2.80. The number of hydrogen-bond acceptors (Lipinski definition) is 3. The summed E-state index contributed by atoms with van der Waals surface area (Å²) in [6.45, 7) is 11.6. The number of imide groups is 1. The van der Waals surface area contributed by atoms with Crippen molar-refractivity contribution in [2.45, 2.75) is 60.4 Å². The Hall–Kier alpha value is -1.59. The molecule has 0 saturated heterocycles. The van der Waals surface area contributed by atoms with E-state index in [2.05, 4.69) is 38.3 Å². The largest absolute Gasteiger partial charge is 0.481 e. The van der Waals surface area contributed by atoms with Crippen molar-refractivity contribution in [2.24, 2.45) is 16.2 Å². The van der Waals surface area contributed by atoms with Crippen LogP contribution in [0.3, 0.4) is 0 Å². The lowest BCUT2D eigenvalue weighted by atomic mass is 9.85. The van der Waals surface area contributed by atoms with Gasteiger partial charge in [-0.2, -0.15) is 0 Å². The van der Waals surface area contributed by atoms with Crippen LogP contribution in [-0.4, -0.2) is 29.1 Å². The second kappa shape index (κ2) is 5.31. The number of carbonyl (C=O) groups excluding carboxylic acids is 2. The number of carboxylic acid groups (broad SMARTS) is 1. The van der Waals surface area contributed by atoms with Crippen LogP contribution in [0.5, 0.6) is 0 Å². The molecule has 120 valence electrons. The molecule has 0 aromatic rings. The molecule has 0 unspecified atom stereocenters. The highest BCUT2D eigenvalue weighted by Crippen LogP contribution is 2.62. The Morgan fingerprint density at radius 1 is 1.05 bits per heavy atom. The van der Waals surface area contributed by atoms with Crippen LogP contribution in [0.2, 0.25) is 0 Å². The molecule has 1 aliphatic carbocycles. The first-order valence-electron chi connectivity index (χ1n) is 7.12. The zero-order valence-corrected chi connectivity index (χ0v) is 13.7. The molecule has 0 spiro atoms. The van der Waals surface area contributed by atoms with E-state index < -0.39 is 23.3 Å². The van der Waals surface area contributed by atoms with Gasteiger partial charge < -0.3 is 10.4 Å². The van der Waals surface area contributed by atoms with E-state index in [4.69, 9.17) is 5.11 Å². The third kappa shape index (κ3) is 3.95. The predicted octanol–water partition coefficient (Wildman–Crippen LogP) is 2.14. The van der Waals surface area contributed by atoms with Crippen molar-refractivity contribution in [3.63, 3.8) is 0 Å². The fraction of sp³-hybridized carbons (Fsp3) is 0.800. The molecule has 0 heterocycles. The summed E-state index contributed by atoms with van der Waals surface area (Å²) in [6, 6.07) is -0.500. The molecule has 0 aromatic heterocycles. The number of hydrogen-bond donors (Lipinski definition) is 3. The minimum atomic E-state index is -0.960. The number of carbonyl (C=O) groups is 3. The molecule has 0 atom stereocenters. The molecule has 6 nitrogen and oxygen atoms in total. The molecule has 0 aliphatic heterocycles. The van der Waals surface area contributed by atoms with Crippen molar-refractivity contribution in [2.75, 3.05) is 0 Å². The van der Waals surface area contributed by atoms with Gasteiger partial charge in [-0.25, -0.2) is 4.79 Å². The SMILES string of the molecule is CC(C)(CC(=O)O)CC(=O)NC(=O)NC1C(C)(C)C1(C)C. The van der Waals surface area contributed by atoms with Gasteiger partial charge in [0.25, 0.3) is 0 Å². The maximum Gasteiger partial charge on any atom is 0.321 e. The van der Waals surface area contributed by atoms with E-state index in [1.807, 2.05) is 0 Å². The first-order chi connectivity index (χ1) is 9.29. The lowest BCUT2D eigenvalue weighted by molar-refractivity contribution is -0.139. The summed E-state index contributed by atoms with van der Waals surface area (Å²) < 4.78 is 0. The van der Waals surface area contributed by atoms with E-state index in [9.17, 15) is 14.4 Å². The molecule has 0 radical (unpaired) electrons. The maximum atomic E-state index is 11.8. The van der Waals surface area contributed by atoms with Gasteiger partial charge in [0.1, 0.15) is 0 Å². The van der Waals surface area contributed by atoms with Gasteiger partial charge in [0, 0.05) is 12.5 Å². The summed E-state index contributed by atoms with van der Waals surface area (Å²) in [6.07, 6.45) is -0.130. The van der Waals surface area contributed by atoms with Crippen LogP contribution in [0, 0.1) is 16.2 Å². The number of rotatable bonds is 5. The second-order valence-corrected chi connectivity index (χ2v) is 7.81.